The Labute approximate surface area is 119 Å². The smallest absolute Gasteiger partial charge is 0.245 e. The number of morpholine rings is 1. The van der Waals surface area contributed by atoms with Gasteiger partial charge in [-0.3, -0.25) is 9.78 Å². The summed E-state index contributed by atoms with van der Waals surface area (Å²) in [5.74, 6) is 0.0152. The van der Waals surface area contributed by atoms with E-state index in [0.29, 0.717) is 26.3 Å². The van der Waals surface area contributed by atoms with Gasteiger partial charge >= 0.3 is 0 Å². The van der Waals surface area contributed by atoms with Crippen LogP contribution >= 0.6 is 0 Å². The summed E-state index contributed by atoms with van der Waals surface area (Å²) in [4.78, 5) is 18.5. The van der Waals surface area contributed by atoms with Gasteiger partial charge in [0.2, 0.25) is 5.91 Å². The fraction of sp³-hybridized carbons (Fsp3) is 0.571. The van der Waals surface area contributed by atoms with Crippen molar-refractivity contribution < 1.29 is 9.53 Å². The van der Waals surface area contributed by atoms with Crippen molar-refractivity contribution in [2.45, 2.75) is 19.4 Å². The Morgan fingerprint density at radius 1 is 1.55 bits per heavy atom. The lowest BCUT2D eigenvalue weighted by Gasteiger charge is -2.36. The molecule has 6 heteroatoms. The highest BCUT2D eigenvalue weighted by Crippen LogP contribution is 2.22. The Hall–Kier alpha value is -1.82. The molecule has 110 valence electrons. The number of carbonyl (C=O) groups is 1. The highest BCUT2D eigenvalue weighted by Gasteiger charge is 2.29. The van der Waals surface area contributed by atoms with E-state index in [1.54, 1.807) is 12.4 Å². The summed E-state index contributed by atoms with van der Waals surface area (Å²) < 4.78 is 5.45. The van der Waals surface area contributed by atoms with Crippen molar-refractivity contribution in [1.29, 1.82) is 0 Å². The van der Waals surface area contributed by atoms with E-state index in [0.717, 1.165) is 17.8 Å². The second kappa shape index (κ2) is 7.09. The van der Waals surface area contributed by atoms with E-state index in [4.69, 9.17) is 4.74 Å². The third-order valence-corrected chi connectivity index (χ3v) is 3.32. The van der Waals surface area contributed by atoms with Crippen LogP contribution in [-0.4, -0.2) is 50.3 Å². The minimum atomic E-state index is -0.288. The fourth-order valence-corrected chi connectivity index (χ4v) is 2.22. The second-order valence-corrected chi connectivity index (χ2v) is 4.76. The SMILES string of the molecule is CCCNC(=O)C1COCCN1c1cncc(NC)c1. The summed E-state index contributed by atoms with van der Waals surface area (Å²) in [5.41, 5.74) is 1.87. The molecule has 20 heavy (non-hydrogen) atoms. The van der Waals surface area contributed by atoms with E-state index in [9.17, 15) is 4.79 Å². The van der Waals surface area contributed by atoms with Gasteiger partial charge in [0.05, 0.1) is 37.0 Å². The van der Waals surface area contributed by atoms with Crippen LogP contribution in [-0.2, 0) is 9.53 Å². The van der Waals surface area contributed by atoms with Crippen LogP contribution in [0.15, 0.2) is 18.5 Å². The molecule has 1 saturated heterocycles. The standard InChI is InChI=1S/C14H22N4O2/c1-3-4-17-14(19)13-10-20-6-5-18(13)12-7-11(15-2)8-16-9-12/h7-9,13,15H,3-6,10H2,1-2H3,(H,17,19). The van der Waals surface area contributed by atoms with Crippen LogP contribution in [0.25, 0.3) is 0 Å². The molecule has 0 aliphatic carbocycles. The topological polar surface area (TPSA) is 66.5 Å². The third kappa shape index (κ3) is 3.39. The first-order valence-corrected chi connectivity index (χ1v) is 7.01. The van der Waals surface area contributed by atoms with E-state index in [-0.39, 0.29) is 11.9 Å². The predicted octanol–water partition coefficient (Wildman–Crippen LogP) is 0.855. The number of aromatic nitrogens is 1. The maximum Gasteiger partial charge on any atom is 0.245 e. The van der Waals surface area contributed by atoms with E-state index in [1.807, 2.05) is 20.0 Å². The van der Waals surface area contributed by atoms with Gasteiger partial charge in [0.25, 0.3) is 0 Å². The summed E-state index contributed by atoms with van der Waals surface area (Å²) in [6.45, 7) is 4.47. The maximum absolute atomic E-state index is 12.2. The second-order valence-electron chi connectivity index (χ2n) is 4.76. The molecule has 2 N–H and O–H groups in total. The molecule has 6 nitrogen and oxygen atoms in total. The molecular weight excluding hydrogens is 256 g/mol. The fourth-order valence-electron chi connectivity index (χ4n) is 2.22. The molecule has 0 saturated carbocycles. The number of rotatable bonds is 5. The van der Waals surface area contributed by atoms with Crippen LogP contribution in [0.5, 0.6) is 0 Å². The van der Waals surface area contributed by atoms with Gasteiger partial charge in [0.1, 0.15) is 6.04 Å². The number of amides is 1. The van der Waals surface area contributed by atoms with Gasteiger partial charge in [0, 0.05) is 20.1 Å². The molecule has 0 spiro atoms. The van der Waals surface area contributed by atoms with E-state index < -0.39 is 0 Å². The molecule has 1 unspecified atom stereocenters. The van der Waals surface area contributed by atoms with Crippen LogP contribution in [0.3, 0.4) is 0 Å². The third-order valence-electron chi connectivity index (χ3n) is 3.32. The summed E-state index contributed by atoms with van der Waals surface area (Å²) in [6, 6.07) is 1.71. The molecule has 1 aromatic heterocycles. The molecule has 2 rings (SSSR count). The molecule has 0 aromatic carbocycles. The van der Waals surface area contributed by atoms with Gasteiger partial charge in [0.15, 0.2) is 0 Å². The van der Waals surface area contributed by atoms with Crippen molar-refractivity contribution in [3.05, 3.63) is 18.5 Å². The Morgan fingerprint density at radius 3 is 3.15 bits per heavy atom. The van der Waals surface area contributed by atoms with E-state index >= 15 is 0 Å². The van der Waals surface area contributed by atoms with Gasteiger partial charge < -0.3 is 20.3 Å². The van der Waals surface area contributed by atoms with Crippen molar-refractivity contribution in [1.82, 2.24) is 10.3 Å². The first-order valence-electron chi connectivity index (χ1n) is 7.01. The van der Waals surface area contributed by atoms with Gasteiger partial charge in [-0.05, 0) is 12.5 Å². The molecule has 1 aromatic rings. The Morgan fingerprint density at radius 2 is 2.40 bits per heavy atom. The lowest BCUT2D eigenvalue weighted by molar-refractivity contribution is -0.124. The number of hydrogen-bond donors (Lipinski definition) is 2. The highest BCUT2D eigenvalue weighted by atomic mass is 16.5. The predicted molar refractivity (Wildman–Crippen MR) is 79.0 cm³/mol. The Kier molecular flexibility index (Phi) is 5.17. The van der Waals surface area contributed by atoms with Gasteiger partial charge in [-0.2, -0.15) is 0 Å². The van der Waals surface area contributed by atoms with Gasteiger partial charge in [-0.1, -0.05) is 6.92 Å². The molecule has 0 bridgehead atoms. The van der Waals surface area contributed by atoms with Crippen molar-refractivity contribution in [2.75, 3.05) is 43.6 Å². The van der Waals surface area contributed by atoms with Gasteiger partial charge in [-0.15, -0.1) is 0 Å². The Bertz CT molecular complexity index is 453. The zero-order valence-electron chi connectivity index (χ0n) is 12.1. The van der Waals surface area contributed by atoms with Crippen LogP contribution in [0.2, 0.25) is 0 Å². The highest BCUT2D eigenvalue weighted by molar-refractivity contribution is 5.85. The van der Waals surface area contributed by atoms with Crippen LogP contribution in [0, 0.1) is 0 Å². The van der Waals surface area contributed by atoms with E-state index in [1.165, 1.54) is 0 Å². The van der Waals surface area contributed by atoms with Crippen LogP contribution < -0.4 is 15.5 Å². The first-order chi connectivity index (χ1) is 9.76. The van der Waals surface area contributed by atoms with E-state index in [2.05, 4.69) is 20.5 Å². The number of nitrogens with zero attached hydrogens (tertiary/aromatic N) is 2. The number of pyridine rings is 1. The average Bonchev–Trinajstić information content (AvgIpc) is 2.52. The molecule has 1 fully saturated rings. The molecule has 1 amide bonds. The summed E-state index contributed by atoms with van der Waals surface area (Å²) in [6.07, 6.45) is 4.47. The summed E-state index contributed by atoms with van der Waals surface area (Å²) in [7, 11) is 1.85. The maximum atomic E-state index is 12.2. The number of nitrogens with one attached hydrogen (secondary N) is 2. The summed E-state index contributed by atoms with van der Waals surface area (Å²) >= 11 is 0. The molecular formula is C14H22N4O2. The number of carbonyl (C=O) groups excluding carboxylic acids is 1. The minimum Gasteiger partial charge on any atom is -0.387 e. The van der Waals surface area contributed by atoms with Crippen molar-refractivity contribution in [3.63, 3.8) is 0 Å². The summed E-state index contributed by atoms with van der Waals surface area (Å²) in [5, 5.41) is 6.00. The largest absolute Gasteiger partial charge is 0.387 e. The molecule has 1 aliphatic heterocycles. The molecule has 1 aliphatic rings. The molecule has 0 radical (unpaired) electrons. The van der Waals surface area contributed by atoms with Crippen molar-refractivity contribution in [2.24, 2.45) is 0 Å². The van der Waals surface area contributed by atoms with Crippen LogP contribution in [0.1, 0.15) is 13.3 Å². The normalized spacial score (nSPS) is 18.7. The Balaban J connectivity index is 2.15. The monoisotopic (exact) mass is 278 g/mol. The number of anilines is 2. The zero-order chi connectivity index (χ0) is 14.4. The molecule has 1 atom stereocenters. The lowest BCUT2D eigenvalue weighted by Crippen LogP contribution is -2.54. The lowest BCUT2D eigenvalue weighted by atomic mass is 10.2. The number of hydrogen-bond acceptors (Lipinski definition) is 5. The minimum absolute atomic E-state index is 0.0152. The molecule has 2 heterocycles. The first kappa shape index (κ1) is 14.6. The van der Waals surface area contributed by atoms with Crippen molar-refractivity contribution >= 4 is 17.3 Å². The quantitative estimate of drug-likeness (QED) is 0.836. The van der Waals surface area contributed by atoms with Crippen LogP contribution in [0.4, 0.5) is 11.4 Å². The van der Waals surface area contributed by atoms with Crippen molar-refractivity contribution in [3.8, 4) is 0 Å². The number of ether oxygens (including phenoxy) is 1. The average molecular weight is 278 g/mol. The zero-order valence-corrected chi connectivity index (χ0v) is 12.1. The van der Waals surface area contributed by atoms with Gasteiger partial charge in [-0.25, -0.2) is 0 Å².